The van der Waals surface area contributed by atoms with E-state index in [9.17, 15) is 9.59 Å². The third-order valence-corrected chi connectivity index (χ3v) is 7.10. The number of hydrogen-bond acceptors (Lipinski definition) is 6. The lowest BCUT2D eigenvalue weighted by Gasteiger charge is -2.25. The van der Waals surface area contributed by atoms with E-state index in [1.807, 2.05) is 0 Å². The molecule has 0 saturated carbocycles. The Hall–Kier alpha value is -2.42. The Labute approximate surface area is 214 Å². The number of aromatic nitrogens is 1. The maximum atomic E-state index is 13.6. The summed E-state index contributed by atoms with van der Waals surface area (Å²) in [6, 6.07) is 11.3. The molecular weight excluding hydrogens is 519 g/mol. The zero-order valence-corrected chi connectivity index (χ0v) is 21.3. The molecule has 1 aromatic heterocycles. The van der Waals surface area contributed by atoms with Crippen LogP contribution in [0.3, 0.4) is 0 Å². The number of ether oxygens (including phenoxy) is 2. The van der Waals surface area contributed by atoms with Crippen LogP contribution < -0.4 is 14.9 Å². The molecule has 34 heavy (non-hydrogen) atoms. The number of carbonyl (C=O) groups excluding carboxylic acids is 1. The van der Waals surface area contributed by atoms with E-state index in [1.54, 1.807) is 55.5 Å². The molecule has 2 heterocycles. The average Bonchev–Trinajstić information content (AvgIpc) is 3.10. The second kappa shape index (κ2) is 10.5. The van der Waals surface area contributed by atoms with Crippen molar-refractivity contribution in [3.05, 3.63) is 99.6 Å². The van der Waals surface area contributed by atoms with Gasteiger partial charge < -0.3 is 9.47 Å². The van der Waals surface area contributed by atoms with Crippen molar-refractivity contribution in [2.24, 2.45) is 4.99 Å². The maximum absolute atomic E-state index is 13.6. The van der Waals surface area contributed by atoms with Crippen molar-refractivity contribution in [2.75, 3.05) is 20.3 Å². The number of nitrogens with zero attached hydrogens (tertiary/aromatic N) is 2. The molecule has 1 atom stereocenters. The highest BCUT2D eigenvalue weighted by molar-refractivity contribution is 7.07. The van der Waals surface area contributed by atoms with Crippen LogP contribution in [0.5, 0.6) is 0 Å². The van der Waals surface area contributed by atoms with E-state index in [2.05, 4.69) is 4.99 Å². The molecule has 1 unspecified atom stereocenters. The van der Waals surface area contributed by atoms with Gasteiger partial charge in [-0.1, -0.05) is 70.4 Å². The fourth-order valence-corrected chi connectivity index (χ4v) is 5.37. The Bertz CT molecular complexity index is 1480. The molecule has 0 aliphatic carbocycles. The summed E-state index contributed by atoms with van der Waals surface area (Å²) in [5.74, 6) is -0.585. The predicted molar refractivity (Wildman–Crippen MR) is 135 cm³/mol. The minimum Gasteiger partial charge on any atom is -0.460 e. The van der Waals surface area contributed by atoms with Gasteiger partial charge in [-0.25, -0.2) is 9.79 Å². The number of esters is 1. The summed E-state index contributed by atoms with van der Waals surface area (Å²) in [5, 5.41) is 1.33. The first-order chi connectivity index (χ1) is 16.3. The molecule has 1 aliphatic rings. The number of halogens is 3. The number of allylic oxidation sites excluding steroid dienone is 1. The minimum atomic E-state index is -0.803. The molecule has 0 radical (unpaired) electrons. The third-order valence-electron chi connectivity index (χ3n) is 5.21. The zero-order valence-electron chi connectivity index (χ0n) is 18.2. The van der Waals surface area contributed by atoms with Crippen molar-refractivity contribution in [3.63, 3.8) is 0 Å². The van der Waals surface area contributed by atoms with Gasteiger partial charge in [-0.3, -0.25) is 9.36 Å². The Morgan fingerprint density at radius 1 is 1.15 bits per heavy atom. The Morgan fingerprint density at radius 3 is 2.62 bits per heavy atom. The lowest BCUT2D eigenvalue weighted by molar-refractivity contribution is -0.140. The quantitative estimate of drug-likeness (QED) is 0.346. The van der Waals surface area contributed by atoms with Crippen LogP contribution in [0.1, 0.15) is 24.1 Å². The lowest BCUT2D eigenvalue weighted by atomic mass is 9.96. The predicted octanol–water partition coefficient (Wildman–Crippen LogP) is 4.39. The van der Waals surface area contributed by atoms with E-state index in [4.69, 9.17) is 44.3 Å². The van der Waals surface area contributed by atoms with E-state index in [-0.39, 0.29) is 24.3 Å². The van der Waals surface area contributed by atoms with Crippen LogP contribution in [0.4, 0.5) is 0 Å². The molecule has 0 spiro atoms. The van der Waals surface area contributed by atoms with E-state index in [0.29, 0.717) is 41.2 Å². The summed E-state index contributed by atoms with van der Waals surface area (Å²) in [7, 11) is 1.52. The first-order valence-electron chi connectivity index (χ1n) is 10.2. The summed E-state index contributed by atoms with van der Waals surface area (Å²) in [6.07, 6.45) is 1.68. The van der Waals surface area contributed by atoms with Crippen molar-refractivity contribution in [3.8, 4) is 0 Å². The fourth-order valence-electron chi connectivity index (χ4n) is 3.63. The van der Waals surface area contributed by atoms with Gasteiger partial charge in [0.2, 0.25) is 0 Å². The topological polar surface area (TPSA) is 69.9 Å². The highest BCUT2D eigenvalue weighted by Gasteiger charge is 2.34. The van der Waals surface area contributed by atoms with Gasteiger partial charge in [0.15, 0.2) is 4.80 Å². The maximum Gasteiger partial charge on any atom is 0.338 e. The summed E-state index contributed by atoms with van der Waals surface area (Å²) in [6.45, 7) is 2.03. The first kappa shape index (κ1) is 24.7. The van der Waals surface area contributed by atoms with Crippen molar-refractivity contribution in [1.82, 2.24) is 4.57 Å². The molecular formula is C24H19Cl3N2O4S. The van der Waals surface area contributed by atoms with Crippen molar-refractivity contribution < 1.29 is 14.3 Å². The largest absolute Gasteiger partial charge is 0.460 e. The van der Waals surface area contributed by atoms with Crippen LogP contribution in [0.25, 0.3) is 6.08 Å². The monoisotopic (exact) mass is 536 g/mol. The van der Waals surface area contributed by atoms with Gasteiger partial charge in [0.05, 0.1) is 22.4 Å². The summed E-state index contributed by atoms with van der Waals surface area (Å²) >= 11 is 20.0. The van der Waals surface area contributed by atoms with Gasteiger partial charge in [-0.05, 0) is 42.3 Å². The molecule has 2 aromatic carbocycles. The SMILES string of the molecule is COCCOC(=O)C1=C(C)N=c2sc(=Cc3ccc(Cl)cc3Cl)c(=O)n2C1c1ccccc1Cl. The van der Waals surface area contributed by atoms with Gasteiger partial charge in [-0.15, -0.1) is 0 Å². The van der Waals surface area contributed by atoms with E-state index >= 15 is 0 Å². The Kier molecular flexibility index (Phi) is 7.60. The number of carbonyl (C=O) groups is 1. The van der Waals surface area contributed by atoms with Gasteiger partial charge in [0.25, 0.3) is 5.56 Å². The number of thiazole rings is 1. The molecule has 0 bridgehead atoms. The van der Waals surface area contributed by atoms with Crippen molar-refractivity contribution in [2.45, 2.75) is 13.0 Å². The number of methoxy groups -OCH3 is 1. The third kappa shape index (κ3) is 4.85. The van der Waals surface area contributed by atoms with E-state index < -0.39 is 12.0 Å². The van der Waals surface area contributed by atoms with Crippen LogP contribution in [0.2, 0.25) is 15.1 Å². The van der Waals surface area contributed by atoms with Crippen molar-refractivity contribution >= 4 is 58.2 Å². The molecule has 0 fully saturated rings. The molecule has 0 amide bonds. The highest BCUT2D eigenvalue weighted by atomic mass is 35.5. The summed E-state index contributed by atoms with van der Waals surface area (Å²) in [4.78, 5) is 31.7. The molecule has 1 aliphatic heterocycles. The Morgan fingerprint density at radius 2 is 1.91 bits per heavy atom. The molecule has 176 valence electrons. The number of hydrogen-bond donors (Lipinski definition) is 0. The van der Waals surface area contributed by atoms with Gasteiger partial charge in [-0.2, -0.15) is 0 Å². The Balaban J connectivity index is 1.92. The average molecular weight is 538 g/mol. The highest BCUT2D eigenvalue weighted by Crippen LogP contribution is 2.34. The molecule has 0 saturated heterocycles. The standard InChI is InChI=1S/C24H19Cl3N2O4S/c1-13-20(23(31)33-10-9-32-2)21(16-5-3-4-6-17(16)26)29-22(30)19(34-24(29)28-13)11-14-7-8-15(25)12-18(14)27/h3-8,11-12,21H,9-10H2,1-2H3. The number of fused-ring (bicyclic) bond motifs is 1. The number of benzene rings is 2. The van der Waals surface area contributed by atoms with Gasteiger partial charge >= 0.3 is 5.97 Å². The van der Waals surface area contributed by atoms with Crippen molar-refractivity contribution in [1.29, 1.82) is 0 Å². The molecule has 4 rings (SSSR count). The lowest BCUT2D eigenvalue weighted by Crippen LogP contribution is -2.40. The summed E-state index contributed by atoms with van der Waals surface area (Å²) in [5.41, 5.74) is 1.60. The van der Waals surface area contributed by atoms with Crippen LogP contribution in [0, 0.1) is 0 Å². The zero-order chi connectivity index (χ0) is 24.4. The molecule has 3 aromatic rings. The van der Waals surface area contributed by atoms with Gasteiger partial charge in [0, 0.05) is 22.2 Å². The van der Waals surface area contributed by atoms with Gasteiger partial charge in [0.1, 0.15) is 12.6 Å². The van der Waals surface area contributed by atoms with Crippen LogP contribution in [0.15, 0.2) is 63.5 Å². The van der Waals surface area contributed by atoms with Crippen LogP contribution >= 0.6 is 46.1 Å². The fraction of sp³-hybridized carbons (Fsp3) is 0.208. The second-order valence-electron chi connectivity index (χ2n) is 7.40. The molecule has 0 N–H and O–H groups in total. The number of rotatable bonds is 6. The van der Waals surface area contributed by atoms with Crippen LogP contribution in [-0.4, -0.2) is 30.9 Å². The van der Waals surface area contributed by atoms with E-state index in [1.165, 1.54) is 23.0 Å². The first-order valence-corrected chi connectivity index (χ1v) is 12.1. The van der Waals surface area contributed by atoms with Crippen LogP contribution in [-0.2, 0) is 14.3 Å². The second-order valence-corrected chi connectivity index (χ2v) is 9.66. The normalized spacial score (nSPS) is 15.8. The molecule has 10 heteroatoms. The summed E-state index contributed by atoms with van der Waals surface area (Å²) < 4.78 is 12.2. The smallest absolute Gasteiger partial charge is 0.338 e. The molecule has 6 nitrogen and oxygen atoms in total. The van der Waals surface area contributed by atoms with E-state index in [0.717, 1.165) is 0 Å². The minimum absolute atomic E-state index is 0.0703.